The summed E-state index contributed by atoms with van der Waals surface area (Å²) < 4.78 is 8.95. The number of fused-ring (bicyclic) bond motifs is 7. The second-order valence-corrected chi connectivity index (χ2v) is 13.8. The van der Waals surface area contributed by atoms with E-state index >= 15 is 0 Å². The maximum Gasteiger partial charge on any atom is 0.160 e. The van der Waals surface area contributed by atoms with Gasteiger partial charge in [0, 0.05) is 43.9 Å². The lowest BCUT2D eigenvalue weighted by Gasteiger charge is -2.10. The van der Waals surface area contributed by atoms with Gasteiger partial charge >= 0.3 is 0 Å². The van der Waals surface area contributed by atoms with Crippen molar-refractivity contribution >= 4 is 54.5 Å². The lowest BCUT2D eigenvalue weighted by atomic mass is 9.99. The van der Waals surface area contributed by atoms with Crippen molar-refractivity contribution in [3.05, 3.63) is 188 Å². The van der Waals surface area contributed by atoms with Gasteiger partial charge in [0.2, 0.25) is 0 Å². The van der Waals surface area contributed by atoms with Gasteiger partial charge in [-0.1, -0.05) is 133 Å². The Bertz CT molecular complexity index is 3140. The Morgan fingerprint density at radius 1 is 0.389 bits per heavy atom. The van der Waals surface area contributed by atoms with Crippen molar-refractivity contribution in [3.8, 4) is 50.7 Å². The van der Waals surface area contributed by atoms with Gasteiger partial charge < -0.3 is 8.98 Å². The Labute approximate surface area is 311 Å². The molecule has 0 bridgehead atoms. The first-order valence-corrected chi connectivity index (χ1v) is 18.2. The zero-order valence-corrected chi connectivity index (χ0v) is 29.1. The molecule has 0 saturated heterocycles. The second kappa shape index (κ2) is 12.1. The molecule has 252 valence electrons. The highest BCUT2D eigenvalue weighted by Crippen LogP contribution is 2.40. The number of aromatic nitrogens is 3. The summed E-state index contributed by atoms with van der Waals surface area (Å²) in [5, 5.41) is 7.11. The lowest BCUT2D eigenvalue weighted by molar-refractivity contribution is 0.669. The van der Waals surface area contributed by atoms with E-state index in [0.717, 1.165) is 66.8 Å². The lowest BCUT2D eigenvalue weighted by Crippen LogP contribution is -1.96. The molecular weight excluding hydrogens is 659 g/mol. The van der Waals surface area contributed by atoms with E-state index in [9.17, 15) is 0 Å². The molecule has 0 aliphatic rings. The summed E-state index contributed by atoms with van der Waals surface area (Å²) in [7, 11) is 0. The largest absolute Gasteiger partial charge is 0.456 e. The van der Waals surface area contributed by atoms with Gasteiger partial charge in [0.1, 0.15) is 11.2 Å². The molecule has 54 heavy (non-hydrogen) atoms. The van der Waals surface area contributed by atoms with Crippen molar-refractivity contribution in [1.29, 1.82) is 0 Å². The van der Waals surface area contributed by atoms with Crippen molar-refractivity contribution in [3.63, 3.8) is 0 Å². The van der Waals surface area contributed by atoms with Gasteiger partial charge in [-0.3, -0.25) is 0 Å². The molecule has 0 amide bonds. The highest BCUT2D eigenvalue weighted by atomic mass is 16.3. The van der Waals surface area contributed by atoms with Crippen molar-refractivity contribution in [2.24, 2.45) is 0 Å². The van der Waals surface area contributed by atoms with E-state index in [0.29, 0.717) is 5.82 Å². The molecular formula is C50H31N3O. The van der Waals surface area contributed by atoms with E-state index in [-0.39, 0.29) is 0 Å². The predicted octanol–water partition coefficient (Wildman–Crippen LogP) is 13.3. The van der Waals surface area contributed by atoms with Crippen LogP contribution >= 0.6 is 0 Å². The van der Waals surface area contributed by atoms with E-state index in [1.54, 1.807) is 0 Å². The molecule has 0 N–H and O–H groups in total. The smallest absolute Gasteiger partial charge is 0.160 e. The zero-order valence-electron chi connectivity index (χ0n) is 29.1. The number of hydrogen-bond acceptors (Lipinski definition) is 3. The second-order valence-electron chi connectivity index (χ2n) is 13.8. The Morgan fingerprint density at radius 3 is 1.89 bits per heavy atom. The van der Waals surface area contributed by atoms with Crippen LogP contribution in [0.2, 0.25) is 0 Å². The normalized spacial score (nSPS) is 11.7. The number of hydrogen-bond donors (Lipinski definition) is 0. The van der Waals surface area contributed by atoms with E-state index in [1.165, 1.54) is 32.6 Å². The van der Waals surface area contributed by atoms with Crippen LogP contribution in [0.25, 0.3) is 105 Å². The fourth-order valence-corrected chi connectivity index (χ4v) is 8.01. The van der Waals surface area contributed by atoms with Gasteiger partial charge in [-0.25, -0.2) is 9.97 Å². The molecule has 0 fully saturated rings. The summed E-state index contributed by atoms with van der Waals surface area (Å²) in [6.45, 7) is 0. The summed E-state index contributed by atoms with van der Waals surface area (Å²) in [4.78, 5) is 10.1. The molecule has 4 nitrogen and oxygen atoms in total. The quantitative estimate of drug-likeness (QED) is 0.181. The Hall–Kier alpha value is -7.30. The Morgan fingerprint density at radius 2 is 1.07 bits per heavy atom. The number of benzene rings is 8. The summed E-state index contributed by atoms with van der Waals surface area (Å²) in [6.07, 6.45) is 0. The van der Waals surface area contributed by atoms with Gasteiger partial charge in [-0.15, -0.1) is 0 Å². The van der Waals surface area contributed by atoms with Gasteiger partial charge in [0.15, 0.2) is 5.82 Å². The minimum Gasteiger partial charge on any atom is -0.456 e. The number of para-hydroxylation sites is 1. The molecule has 0 atom stereocenters. The van der Waals surface area contributed by atoms with Crippen LogP contribution in [-0.4, -0.2) is 14.5 Å². The van der Waals surface area contributed by atoms with Crippen LogP contribution in [0, 0.1) is 0 Å². The molecule has 0 aliphatic heterocycles. The van der Waals surface area contributed by atoms with Crippen molar-refractivity contribution < 1.29 is 4.42 Å². The predicted molar refractivity (Wildman–Crippen MR) is 223 cm³/mol. The molecule has 0 radical (unpaired) electrons. The molecule has 11 rings (SSSR count). The van der Waals surface area contributed by atoms with Gasteiger partial charge in [0.25, 0.3) is 0 Å². The monoisotopic (exact) mass is 689 g/mol. The van der Waals surface area contributed by atoms with Gasteiger partial charge in [-0.2, -0.15) is 0 Å². The summed E-state index contributed by atoms with van der Waals surface area (Å²) in [6, 6.07) is 66.1. The minimum absolute atomic E-state index is 0.691. The Kier molecular flexibility index (Phi) is 6.82. The van der Waals surface area contributed by atoms with Crippen LogP contribution < -0.4 is 0 Å². The summed E-state index contributed by atoms with van der Waals surface area (Å²) >= 11 is 0. The van der Waals surface area contributed by atoms with Crippen molar-refractivity contribution in [2.45, 2.75) is 0 Å². The molecule has 0 saturated carbocycles. The molecule has 3 heterocycles. The minimum atomic E-state index is 0.691. The summed E-state index contributed by atoms with van der Waals surface area (Å²) in [5.74, 6) is 0.691. The van der Waals surface area contributed by atoms with Crippen LogP contribution in [0.3, 0.4) is 0 Å². The number of furan rings is 1. The fraction of sp³-hybridized carbons (Fsp3) is 0. The van der Waals surface area contributed by atoms with E-state index in [1.807, 2.05) is 48.5 Å². The molecule has 4 heteroatoms. The molecule has 3 aromatic heterocycles. The first-order valence-electron chi connectivity index (χ1n) is 18.2. The van der Waals surface area contributed by atoms with Crippen molar-refractivity contribution in [1.82, 2.24) is 14.5 Å². The average molecular weight is 690 g/mol. The zero-order chi connectivity index (χ0) is 35.6. The summed E-state index contributed by atoms with van der Waals surface area (Å²) in [5.41, 5.74) is 12.2. The van der Waals surface area contributed by atoms with Crippen LogP contribution in [0.5, 0.6) is 0 Å². The molecule has 8 aromatic carbocycles. The highest BCUT2D eigenvalue weighted by molar-refractivity contribution is 6.14. The standard InChI is InChI=1S/C50H31N3O/c1-3-12-33(13-4-1)43-31-44(52-50(51-43)34-14-5-2-6-15-34)40-19-11-21-47-49(40)41-27-24-37(30-48(41)54-47)32-22-25-38(26-23-32)53-45-20-10-9-18-39(45)42-28-35-16-7-8-17-36(35)29-46(42)53/h1-31H. The van der Waals surface area contributed by atoms with Crippen LogP contribution in [0.15, 0.2) is 192 Å². The van der Waals surface area contributed by atoms with Crippen molar-refractivity contribution in [2.75, 3.05) is 0 Å². The topological polar surface area (TPSA) is 43.9 Å². The van der Waals surface area contributed by atoms with E-state index in [2.05, 4.69) is 144 Å². The Balaban J connectivity index is 1.01. The van der Waals surface area contributed by atoms with Gasteiger partial charge in [0.05, 0.1) is 22.4 Å². The maximum absolute atomic E-state index is 6.57. The number of nitrogens with zero attached hydrogens (tertiary/aromatic N) is 3. The molecule has 0 aliphatic carbocycles. The number of rotatable bonds is 5. The highest BCUT2D eigenvalue weighted by Gasteiger charge is 2.18. The van der Waals surface area contributed by atoms with E-state index in [4.69, 9.17) is 14.4 Å². The maximum atomic E-state index is 6.57. The van der Waals surface area contributed by atoms with Crippen LogP contribution in [-0.2, 0) is 0 Å². The molecule has 0 unspecified atom stereocenters. The third-order valence-corrected chi connectivity index (χ3v) is 10.6. The fourth-order valence-electron chi connectivity index (χ4n) is 8.01. The van der Waals surface area contributed by atoms with Crippen LogP contribution in [0.4, 0.5) is 0 Å². The first-order chi connectivity index (χ1) is 26.7. The first kappa shape index (κ1) is 30.3. The average Bonchev–Trinajstić information content (AvgIpc) is 3.78. The SMILES string of the molecule is c1ccc(-c2cc(-c3cccc4oc5cc(-c6ccc(-n7c8ccccc8c8cc9ccccc9cc87)cc6)ccc5c34)nc(-c3ccccc3)n2)cc1. The van der Waals surface area contributed by atoms with Crippen LogP contribution in [0.1, 0.15) is 0 Å². The third-order valence-electron chi connectivity index (χ3n) is 10.6. The third kappa shape index (κ3) is 4.92. The van der Waals surface area contributed by atoms with Gasteiger partial charge in [-0.05, 0) is 76.5 Å². The molecule has 0 spiro atoms. The molecule has 11 aromatic rings. The van der Waals surface area contributed by atoms with E-state index < -0.39 is 0 Å².